The highest BCUT2D eigenvalue weighted by Gasteiger charge is 2.12. The van der Waals surface area contributed by atoms with Crippen LogP contribution in [0.4, 0.5) is 0 Å². The molecule has 0 amide bonds. The maximum atomic E-state index is 11.2. The van der Waals surface area contributed by atoms with Gasteiger partial charge < -0.3 is 14.9 Å². The summed E-state index contributed by atoms with van der Waals surface area (Å²) in [5.41, 5.74) is 5.47. The Morgan fingerprint density at radius 3 is 2.67 bits per heavy atom. The molecule has 0 aliphatic carbocycles. The van der Waals surface area contributed by atoms with Gasteiger partial charge in [0.05, 0.1) is 19.2 Å². The van der Waals surface area contributed by atoms with Crippen molar-refractivity contribution < 1.29 is 9.15 Å². The fourth-order valence-electron chi connectivity index (χ4n) is 1.40. The first-order valence-corrected chi connectivity index (χ1v) is 4.97. The van der Waals surface area contributed by atoms with Crippen molar-refractivity contribution in [1.82, 2.24) is 0 Å². The van der Waals surface area contributed by atoms with Gasteiger partial charge in [0, 0.05) is 6.07 Å². The normalized spacial score (nSPS) is 12.9. The molecule has 0 saturated carbocycles. The summed E-state index contributed by atoms with van der Waals surface area (Å²) < 4.78 is 10.00. The van der Waals surface area contributed by atoms with E-state index in [1.54, 1.807) is 6.07 Å². The minimum Gasteiger partial charge on any atom is -0.496 e. The van der Waals surface area contributed by atoms with Gasteiger partial charge in [-0.1, -0.05) is 13.8 Å². The number of ether oxygens (including phenoxy) is 1. The molecule has 1 aromatic heterocycles. The van der Waals surface area contributed by atoms with E-state index in [2.05, 4.69) is 13.8 Å². The molecule has 84 valence electrons. The maximum absolute atomic E-state index is 11.2. The average Bonchev–Trinajstić information content (AvgIpc) is 2.15. The molecule has 1 atom stereocenters. The molecule has 0 radical (unpaired) electrons. The van der Waals surface area contributed by atoms with E-state index in [1.165, 1.54) is 13.2 Å². The van der Waals surface area contributed by atoms with Gasteiger partial charge in [-0.25, -0.2) is 4.79 Å². The van der Waals surface area contributed by atoms with E-state index in [9.17, 15) is 4.79 Å². The highest BCUT2D eigenvalue weighted by Crippen LogP contribution is 2.20. The molecule has 0 bridgehead atoms. The Bertz CT molecular complexity index is 370. The lowest BCUT2D eigenvalue weighted by Gasteiger charge is -2.13. The van der Waals surface area contributed by atoms with Crippen LogP contribution in [-0.2, 0) is 0 Å². The first-order chi connectivity index (χ1) is 7.02. The summed E-state index contributed by atoms with van der Waals surface area (Å²) >= 11 is 0. The number of hydrogen-bond donors (Lipinski definition) is 1. The van der Waals surface area contributed by atoms with Gasteiger partial charge in [-0.05, 0) is 12.3 Å². The van der Waals surface area contributed by atoms with Gasteiger partial charge in [-0.2, -0.15) is 0 Å². The summed E-state index contributed by atoms with van der Waals surface area (Å²) in [5, 5.41) is 0. The highest BCUT2D eigenvalue weighted by molar-refractivity contribution is 5.21. The quantitative estimate of drug-likeness (QED) is 0.823. The van der Waals surface area contributed by atoms with Gasteiger partial charge in [-0.3, -0.25) is 0 Å². The first-order valence-electron chi connectivity index (χ1n) is 4.97. The van der Waals surface area contributed by atoms with E-state index >= 15 is 0 Å². The standard InChI is InChI=1S/C11H17NO3/c1-7(2)4-9(12)10-5-8(14-3)6-11(13)15-10/h5-7,9H,4,12H2,1-3H3. The molecule has 1 aromatic rings. The summed E-state index contributed by atoms with van der Waals surface area (Å²) in [6.07, 6.45) is 0.774. The zero-order chi connectivity index (χ0) is 11.4. The lowest BCUT2D eigenvalue weighted by atomic mass is 10.0. The Balaban J connectivity index is 2.93. The Morgan fingerprint density at radius 2 is 2.13 bits per heavy atom. The number of rotatable bonds is 4. The second kappa shape index (κ2) is 4.98. The molecule has 1 heterocycles. The van der Waals surface area contributed by atoms with Crippen molar-refractivity contribution >= 4 is 0 Å². The van der Waals surface area contributed by atoms with E-state index in [1.807, 2.05) is 0 Å². The van der Waals surface area contributed by atoms with Crippen LogP contribution in [0.5, 0.6) is 5.75 Å². The second-order valence-corrected chi connectivity index (χ2v) is 3.95. The lowest BCUT2D eigenvalue weighted by Crippen LogP contribution is -2.15. The Morgan fingerprint density at radius 1 is 1.47 bits per heavy atom. The van der Waals surface area contributed by atoms with E-state index in [0.29, 0.717) is 17.4 Å². The number of hydrogen-bond acceptors (Lipinski definition) is 4. The second-order valence-electron chi connectivity index (χ2n) is 3.95. The Hall–Kier alpha value is -1.29. The van der Waals surface area contributed by atoms with Gasteiger partial charge in [0.25, 0.3) is 0 Å². The van der Waals surface area contributed by atoms with Crippen LogP contribution in [0, 0.1) is 5.92 Å². The fraction of sp³-hybridized carbons (Fsp3) is 0.545. The van der Waals surface area contributed by atoms with Gasteiger partial charge in [0.1, 0.15) is 11.5 Å². The van der Waals surface area contributed by atoms with Crippen molar-refractivity contribution in [2.75, 3.05) is 7.11 Å². The molecule has 4 nitrogen and oxygen atoms in total. The molecule has 15 heavy (non-hydrogen) atoms. The van der Waals surface area contributed by atoms with Crippen LogP contribution in [0.2, 0.25) is 0 Å². The van der Waals surface area contributed by atoms with Crippen molar-refractivity contribution in [3.63, 3.8) is 0 Å². The first kappa shape index (κ1) is 11.8. The topological polar surface area (TPSA) is 65.5 Å². The highest BCUT2D eigenvalue weighted by atomic mass is 16.5. The summed E-state index contributed by atoms with van der Waals surface area (Å²) in [4.78, 5) is 11.2. The molecular formula is C11H17NO3. The van der Waals surface area contributed by atoms with Crippen LogP contribution in [0.1, 0.15) is 32.1 Å². The van der Waals surface area contributed by atoms with Crippen molar-refractivity contribution in [3.05, 3.63) is 28.3 Å². The SMILES string of the molecule is COc1cc(C(N)CC(C)C)oc(=O)c1. The molecule has 2 N–H and O–H groups in total. The maximum Gasteiger partial charge on any atom is 0.339 e. The van der Waals surface area contributed by atoms with Crippen LogP contribution >= 0.6 is 0 Å². The summed E-state index contributed by atoms with van der Waals surface area (Å²) in [6, 6.07) is 2.70. The Kier molecular flexibility index (Phi) is 3.91. The molecule has 0 spiro atoms. The lowest BCUT2D eigenvalue weighted by molar-refractivity contribution is 0.365. The molecule has 0 saturated heterocycles. The molecular weight excluding hydrogens is 194 g/mol. The van der Waals surface area contributed by atoms with Crippen LogP contribution in [0.25, 0.3) is 0 Å². The zero-order valence-electron chi connectivity index (χ0n) is 9.32. The van der Waals surface area contributed by atoms with Crippen molar-refractivity contribution in [1.29, 1.82) is 0 Å². The molecule has 0 aromatic carbocycles. The Labute approximate surface area is 89.0 Å². The predicted octanol–water partition coefficient (Wildman–Crippen LogP) is 1.69. The predicted molar refractivity (Wildman–Crippen MR) is 57.9 cm³/mol. The molecule has 0 aliphatic heterocycles. The average molecular weight is 211 g/mol. The minimum absolute atomic E-state index is 0.257. The van der Waals surface area contributed by atoms with Crippen LogP contribution < -0.4 is 16.1 Å². The van der Waals surface area contributed by atoms with Gasteiger partial charge >= 0.3 is 5.63 Å². The zero-order valence-corrected chi connectivity index (χ0v) is 9.32. The minimum atomic E-state index is -0.427. The monoisotopic (exact) mass is 211 g/mol. The number of methoxy groups -OCH3 is 1. The van der Waals surface area contributed by atoms with Crippen molar-refractivity contribution in [3.8, 4) is 5.75 Å². The van der Waals surface area contributed by atoms with Gasteiger partial charge in [-0.15, -0.1) is 0 Å². The van der Waals surface area contributed by atoms with E-state index in [4.69, 9.17) is 14.9 Å². The molecule has 0 fully saturated rings. The third kappa shape index (κ3) is 3.40. The van der Waals surface area contributed by atoms with E-state index < -0.39 is 5.63 Å². The van der Waals surface area contributed by atoms with Crippen LogP contribution in [0.15, 0.2) is 21.3 Å². The van der Waals surface area contributed by atoms with Crippen molar-refractivity contribution in [2.24, 2.45) is 11.7 Å². The largest absolute Gasteiger partial charge is 0.496 e. The fourth-order valence-corrected chi connectivity index (χ4v) is 1.40. The summed E-state index contributed by atoms with van der Waals surface area (Å²) in [7, 11) is 1.51. The van der Waals surface area contributed by atoms with E-state index in [-0.39, 0.29) is 6.04 Å². The third-order valence-electron chi connectivity index (χ3n) is 2.09. The molecule has 4 heteroatoms. The van der Waals surface area contributed by atoms with Gasteiger partial charge in [0.15, 0.2) is 0 Å². The van der Waals surface area contributed by atoms with E-state index in [0.717, 1.165) is 6.42 Å². The number of nitrogens with two attached hydrogens (primary N) is 1. The smallest absolute Gasteiger partial charge is 0.339 e. The molecule has 1 unspecified atom stereocenters. The third-order valence-corrected chi connectivity index (χ3v) is 2.09. The van der Waals surface area contributed by atoms with Crippen molar-refractivity contribution in [2.45, 2.75) is 26.3 Å². The molecule has 0 aliphatic rings. The molecule has 1 rings (SSSR count). The summed E-state index contributed by atoms with van der Waals surface area (Å²) in [6.45, 7) is 4.14. The summed E-state index contributed by atoms with van der Waals surface area (Å²) in [5.74, 6) is 1.42. The van der Waals surface area contributed by atoms with Crippen LogP contribution in [-0.4, -0.2) is 7.11 Å². The van der Waals surface area contributed by atoms with Crippen LogP contribution in [0.3, 0.4) is 0 Å². The van der Waals surface area contributed by atoms with Gasteiger partial charge in [0.2, 0.25) is 0 Å².